The van der Waals surface area contributed by atoms with Gasteiger partial charge in [-0.1, -0.05) is 24.3 Å². The van der Waals surface area contributed by atoms with Crippen LogP contribution < -0.4 is 10.5 Å². The molecule has 0 aliphatic carbocycles. The minimum Gasteiger partial charge on any atom is -0.326 e. The van der Waals surface area contributed by atoms with Crippen LogP contribution in [0.25, 0.3) is 0 Å². The largest absolute Gasteiger partial charge is 0.326 e. The molecule has 1 saturated heterocycles. The Bertz CT molecular complexity index is 685. The zero-order chi connectivity index (χ0) is 15.5. The van der Waals surface area contributed by atoms with Crippen LogP contribution in [-0.2, 0) is 32.2 Å². The number of sulfonamides is 1. The van der Waals surface area contributed by atoms with Crippen LogP contribution in [0.5, 0.6) is 0 Å². The molecule has 1 aliphatic rings. The summed E-state index contributed by atoms with van der Waals surface area (Å²) in [5.41, 5.74) is 7.08. The van der Waals surface area contributed by atoms with E-state index < -0.39 is 19.9 Å². The van der Waals surface area contributed by atoms with Gasteiger partial charge in [-0.2, -0.15) is 0 Å². The third kappa shape index (κ3) is 4.77. The van der Waals surface area contributed by atoms with Crippen LogP contribution in [0.3, 0.4) is 0 Å². The predicted molar refractivity (Wildman–Crippen MR) is 81.8 cm³/mol. The maximum Gasteiger partial charge on any atom is 0.216 e. The van der Waals surface area contributed by atoms with Crippen molar-refractivity contribution in [2.24, 2.45) is 5.73 Å². The molecule has 118 valence electrons. The maximum atomic E-state index is 12.2. The molecular formula is C13H20N2O4S2. The molecule has 1 heterocycles. The molecule has 8 heteroatoms. The molecule has 1 aromatic rings. The standard InChI is InChI=1S/C13H20N2O4S2/c14-9-11-3-1-2-4-12(11)10-21(18,19)15-13-5-7-20(16,17)8-6-13/h1-4,13,15H,5-10,14H2. The lowest BCUT2D eigenvalue weighted by atomic mass is 10.1. The van der Waals surface area contributed by atoms with Crippen LogP contribution in [0.4, 0.5) is 0 Å². The third-order valence-electron chi connectivity index (χ3n) is 3.58. The quantitative estimate of drug-likeness (QED) is 0.798. The molecule has 0 amide bonds. The lowest BCUT2D eigenvalue weighted by Crippen LogP contribution is -2.41. The lowest BCUT2D eigenvalue weighted by molar-refractivity contribution is 0.505. The van der Waals surface area contributed by atoms with Gasteiger partial charge < -0.3 is 5.73 Å². The molecule has 0 atom stereocenters. The first kappa shape index (κ1) is 16.4. The Morgan fingerprint density at radius 2 is 1.71 bits per heavy atom. The van der Waals surface area contributed by atoms with Gasteiger partial charge in [0, 0.05) is 12.6 Å². The van der Waals surface area contributed by atoms with Crippen LogP contribution in [0, 0.1) is 0 Å². The summed E-state index contributed by atoms with van der Waals surface area (Å²) in [6, 6.07) is 6.84. The first-order valence-corrected chi connectivity index (χ1v) is 10.3. The van der Waals surface area contributed by atoms with Crippen molar-refractivity contribution >= 4 is 19.9 Å². The molecule has 0 unspecified atom stereocenters. The second-order valence-electron chi connectivity index (χ2n) is 5.28. The first-order chi connectivity index (χ1) is 9.81. The Morgan fingerprint density at radius 1 is 1.14 bits per heavy atom. The molecular weight excluding hydrogens is 312 g/mol. The van der Waals surface area contributed by atoms with E-state index in [-0.39, 0.29) is 29.8 Å². The summed E-state index contributed by atoms with van der Waals surface area (Å²) in [7, 11) is -6.50. The van der Waals surface area contributed by atoms with Crippen molar-refractivity contribution in [2.75, 3.05) is 11.5 Å². The van der Waals surface area contributed by atoms with Gasteiger partial charge in [-0.3, -0.25) is 0 Å². The first-order valence-electron chi connectivity index (χ1n) is 6.78. The van der Waals surface area contributed by atoms with E-state index in [0.717, 1.165) is 5.56 Å². The Hall–Kier alpha value is -0.960. The highest BCUT2D eigenvalue weighted by Gasteiger charge is 2.27. The van der Waals surface area contributed by atoms with Gasteiger partial charge in [0.2, 0.25) is 10.0 Å². The summed E-state index contributed by atoms with van der Waals surface area (Å²) in [6.45, 7) is 0.285. The SMILES string of the molecule is NCc1ccccc1CS(=O)(=O)NC1CCS(=O)(=O)CC1. The van der Waals surface area contributed by atoms with E-state index in [4.69, 9.17) is 5.73 Å². The number of nitrogens with one attached hydrogen (secondary N) is 1. The smallest absolute Gasteiger partial charge is 0.216 e. The van der Waals surface area contributed by atoms with E-state index in [1.807, 2.05) is 6.07 Å². The number of rotatable bonds is 5. The second-order valence-corrected chi connectivity index (χ2v) is 9.33. The molecule has 0 saturated carbocycles. The lowest BCUT2D eigenvalue weighted by Gasteiger charge is -2.23. The Labute approximate surface area is 125 Å². The van der Waals surface area contributed by atoms with Gasteiger partial charge in [-0.05, 0) is 24.0 Å². The van der Waals surface area contributed by atoms with Crippen LogP contribution in [0.15, 0.2) is 24.3 Å². The molecule has 21 heavy (non-hydrogen) atoms. The van der Waals surface area contributed by atoms with Gasteiger partial charge in [-0.15, -0.1) is 0 Å². The van der Waals surface area contributed by atoms with Crippen molar-refractivity contribution in [3.05, 3.63) is 35.4 Å². The fourth-order valence-corrected chi connectivity index (χ4v) is 5.41. The molecule has 0 radical (unpaired) electrons. The summed E-state index contributed by atoms with van der Waals surface area (Å²) in [4.78, 5) is 0. The minimum absolute atomic E-state index is 0.0412. The fourth-order valence-electron chi connectivity index (χ4n) is 2.41. The van der Waals surface area contributed by atoms with Crippen molar-refractivity contribution in [1.29, 1.82) is 0 Å². The van der Waals surface area contributed by atoms with Crippen LogP contribution in [0.1, 0.15) is 24.0 Å². The average molecular weight is 332 g/mol. The van der Waals surface area contributed by atoms with Crippen molar-refractivity contribution in [2.45, 2.75) is 31.2 Å². The van der Waals surface area contributed by atoms with Crippen LogP contribution in [0.2, 0.25) is 0 Å². The summed E-state index contributed by atoms with van der Waals surface area (Å²) < 4.78 is 49.7. The zero-order valence-electron chi connectivity index (χ0n) is 11.7. The van der Waals surface area contributed by atoms with Gasteiger partial charge >= 0.3 is 0 Å². The normalized spacial score (nSPS) is 19.5. The minimum atomic E-state index is -3.50. The van der Waals surface area contributed by atoms with E-state index in [2.05, 4.69) is 4.72 Å². The summed E-state index contributed by atoms with van der Waals surface area (Å²) in [5, 5.41) is 0. The topological polar surface area (TPSA) is 106 Å². The van der Waals surface area contributed by atoms with E-state index in [9.17, 15) is 16.8 Å². The maximum absolute atomic E-state index is 12.2. The molecule has 1 fully saturated rings. The molecule has 1 aliphatic heterocycles. The predicted octanol–water partition coefficient (Wildman–Crippen LogP) is 0.142. The van der Waals surface area contributed by atoms with Crippen molar-refractivity contribution < 1.29 is 16.8 Å². The average Bonchev–Trinajstić information content (AvgIpc) is 2.41. The molecule has 0 spiro atoms. The van der Waals surface area contributed by atoms with E-state index in [1.54, 1.807) is 18.2 Å². The Morgan fingerprint density at radius 3 is 2.29 bits per heavy atom. The Kier molecular flexibility index (Phi) is 5.03. The number of benzene rings is 1. The molecule has 0 bridgehead atoms. The molecule has 1 aromatic carbocycles. The van der Waals surface area contributed by atoms with E-state index >= 15 is 0 Å². The number of hydrogen-bond donors (Lipinski definition) is 2. The van der Waals surface area contributed by atoms with Crippen LogP contribution >= 0.6 is 0 Å². The number of nitrogens with two attached hydrogens (primary N) is 1. The van der Waals surface area contributed by atoms with Crippen molar-refractivity contribution in [1.82, 2.24) is 4.72 Å². The third-order valence-corrected chi connectivity index (χ3v) is 6.68. The fraction of sp³-hybridized carbons (Fsp3) is 0.538. The molecule has 3 N–H and O–H groups in total. The van der Waals surface area contributed by atoms with Gasteiger partial charge in [-0.25, -0.2) is 21.6 Å². The summed E-state index contributed by atoms with van der Waals surface area (Å²) in [5.74, 6) is -0.0528. The number of sulfone groups is 1. The molecule has 2 rings (SSSR count). The van der Waals surface area contributed by atoms with Gasteiger partial charge in [0.15, 0.2) is 0 Å². The number of hydrogen-bond acceptors (Lipinski definition) is 5. The van der Waals surface area contributed by atoms with Gasteiger partial charge in [0.1, 0.15) is 9.84 Å². The highest BCUT2D eigenvalue weighted by atomic mass is 32.2. The van der Waals surface area contributed by atoms with Gasteiger partial charge in [0.05, 0.1) is 17.3 Å². The molecule has 0 aromatic heterocycles. The Balaban J connectivity index is 2.03. The zero-order valence-corrected chi connectivity index (χ0v) is 13.3. The molecule has 6 nitrogen and oxygen atoms in total. The second kappa shape index (κ2) is 6.43. The van der Waals surface area contributed by atoms with Crippen molar-refractivity contribution in [3.8, 4) is 0 Å². The van der Waals surface area contributed by atoms with E-state index in [0.29, 0.717) is 18.4 Å². The summed E-state index contributed by atoms with van der Waals surface area (Å²) in [6.07, 6.45) is 0.667. The monoisotopic (exact) mass is 332 g/mol. The summed E-state index contributed by atoms with van der Waals surface area (Å²) >= 11 is 0. The van der Waals surface area contributed by atoms with Gasteiger partial charge in [0.25, 0.3) is 0 Å². The van der Waals surface area contributed by atoms with Crippen molar-refractivity contribution in [3.63, 3.8) is 0 Å². The highest BCUT2D eigenvalue weighted by molar-refractivity contribution is 7.91. The van der Waals surface area contributed by atoms with E-state index in [1.165, 1.54) is 0 Å². The van der Waals surface area contributed by atoms with Crippen LogP contribution in [-0.4, -0.2) is 34.4 Å². The highest BCUT2D eigenvalue weighted by Crippen LogP contribution is 2.16.